The standard InChI is InChI=1S/C19H29N3O4/c1-14-4-5-17(26-3)16(12-14)21-19(24)18(23)20-13-15-6-8-22(9-7-15)10-11-25-2/h4-5,12,15H,6-11,13H2,1-3H3,(H,20,23)(H,21,24). The number of benzene rings is 1. The van der Waals surface area contributed by atoms with Crippen LogP contribution in [0.4, 0.5) is 5.69 Å². The average molecular weight is 363 g/mol. The minimum Gasteiger partial charge on any atom is -0.495 e. The Labute approximate surface area is 155 Å². The van der Waals surface area contributed by atoms with E-state index >= 15 is 0 Å². The zero-order valence-corrected chi connectivity index (χ0v) is 15.8. The molecule has 0 saturated carbocycles. The highest BCUT2D eigenvalue weighted by atomic mass is 16.5. The van der Waals surface area contributed by atoms with E-state index in [0.29, 0.717) is 23.9 Å². The number of rotatable bonds is 7. The third-order valence-electron chi connectivity index (χ3n) is 4.68. The molecule has 26 heavy (non-hydrogen) atoms. The fourth-order valence-electron chi connectivity index (χ4n) is 3.05. The Morgan fingerprint density at radius 3 is 2.58 bits per heavy atom. The van der Waals surface area contributed by atoms with Crippen molar-refractivity contribution in [3.63, 3.8) is 0 Å². The van der Waals surface area contributed by atoms with E-state index in [1.165, 1.54) is 7.11 Å². The topological polar surface area (TPSA) is 79.9 Å². The SMILES string of the molecule is COCCN1CCC(CNC(=O)C(=O)Nc2cc(C)ccc2OC)CC1. The first-order chi connectivity index (χ1) is 12.5. The summed E-state index contributed by atoms with van der Waals surface area (Å²) in [5.74, 6) is -0.360. The van der Waals surface area contributed by atoms with Crippen molar-refractivity contribution in [1.29, 1.82) is 0 Å². The molecule has 1 aromatic carbocycles. The lowest BCUT2D eigenvalue weighted by Gasteiger charge is -2.31. The molecule has 1 aromatic rings. The van der Waals surface area contributed by atoms with Crippen molar-refractivity contribution in [2.24, 2.45) is 5.92 Å². The Morgan fingerprint density at radius 1 is 1.19 bits per heavy atom. The number of nitrogens with one attached hydrogen (secondary N) is 2. The number of carbonyl (C=O) groups excluding carboxylic acids is 2. The van der Waals surface area contributed by atoms with Gasteiger partial charge in [0.15, 0.2) is 0 Å². The minimum absolute atomic E-state index is 0.402. The van der Waals surface area contributed by atoms with Gasteiger partial charge in [0, 0.05) is 20.2 Å². The molecule has 144 valence electrons. The van der Waals surface area contributed by atoms with E-state index in [4.69, 9.17) is 9.47 Å². The van der Waals surface area contributed by atoms with Gasteiger partial charge in [0.2, 0.25) is 0 Å². The molecule has 7 heteroatoms. The third-order valence-corrected chi connectivity index (χ3v) is 4.68. The first-order valence-corrected chi connectivity index (χ1v) is 8.98. The molecule has 0 spiro atoms. The summed E-state index contributed by atoms with van der Waals surface area (Å²) < 4.78 is 10.3. The molecular weight excluding hydrogens is 334 g/mol. The van der Waals surface area contributed by atoms with Crippen LogP contribution in [0.15, 0.2) is 18.2 Å². The lowest BCUT2D eigenvalue weighted by atomic mass is 9.97. The van der Waals surface area contributed by atoms with Gasteiger partial charge in [-0.3, -0.25) is 9.59 Å². The second-order valence-corrected chi connectivity index (χ2v) is 6.65. The van der Waals surface area contributed by atoms with Gasteiger partial charge in [-0.05, 0) is 56.5 Å². The summed E-state index contributed by atoms with van der Waals surface area (Å²) in [4.78, 5) is 26.6. The minimum atomic E-state index is -0.675. The van der Waals surface area contributed by atoms with Gasteiger partial charge in [-0.15, -0.1) is 0 Å². The molecule has 2 N–H and O–H groups in total. The van der Waals surface area contributed by atoms with Crippen LogP contribution in [0.25, 0.3) is 0 Å². The quantitative estimate of drug-likeness (QED) is 0.716. The van der Waals surface area contributed by atoms with E-state index in [2.05, 4.69) is 15.5 Å². The molecule has 1 saturated heterocycles. The number of hydrogen-bond donors (Lipinski definition) is 2. The molecule has 1 heterocycles. The molecule has 1 fully saturated rings. The fraction of sp³-hybridized carbons (Fsp3) is 0.579. The first-order valence-electron chi connectivity index (χ1n) is 8.98. The summed E-state index contributed by atoms with van der Waals surface area (Å²) in [6.45, 7) is 6.11. The molecule has 1 aliphatic heterocycles. The van der Waals surface area contributed by atoms with Crippen molar-refractivity contribution >= 4 is 17.5 Å². The maximum Gasteiger partial charge on any atom is 0.313 e. The molecule has 2 rings (SSSR count). The first kappa shape index (κ1) is 20.2. The van der Waals surface area contributed by atoms with Crippen molar-refractivity contribution in [3.8, 4) is 5.75 Å². The third kappa shape index (κ3) is 6.00. The Kier molecular flexibility index (Phi) is 7.87. The molecule has 0 unspecified atom stereocenters. The summed E-state index contributed by atoms with van der Waals surface area (Å²) >= 11 is 0. The molecular formula is C19H29N3O4. The molecule has 7 nitrogen and oxygen atoms in total. The normalized spacial score (nSPS) is 15.5. The summed E-state index contributed by atoms with van der Waals surface area (Å²) in [6, 6.07) is 5.42. The predicted molar refractivity (Wildman–Crippen MR) is 100 cm³/mol. The number of amides is 2. The van der Waals surface area contributed by atoms with Crippen LogP contribution < -0.4 is 15.4 Å². The lowest BCUT2D eigenvalue weighted by molar-refractivity contribution is -0.136. The van der Waals surface area contributed by atoms with Gasteiger partial charge in [-0.2, -0.15) is 0 Å². The number of carbonyl (C=O) groups is 2. The van der Waals surface area contributed by atoms with Crippen molar-refractivity contribution in [3.05, 3.63) is 23.8 Å². The second-order valence-electron chi connectivity index (χ2n) is 6.65. The van der Waals surface area contributed by atoms with Crippen LogP contribution in [-0.2, 0) is 14.3 Å². The number of nitrogens with zero attached hydrogens (tertiary/aromatic N) is 1. The van der Waals surface area contributed by atoms with Gasteiger partial charge in [0.25, 0.3) is 0 Å². The number of ether oxygens (including phenoxy) is 2. The lowest BCUT2D eigenvalue weighted by Crippen LogP contribution is -2.42. The van der Waals surface area contributed by atoms with E-state index in [0.717, 1.165) is 44.6 Å². The van der Waals surface area contributed by atoms with Crippen LogP contribution in [0, 0.1) is 12.8 Å². The molecule has 0 radical (unpaired) electrons. The van der Waals surface area contributed by atoms with Crippen molar-refractivity contribution in [1.82, 2.24) is 10.2 Å². The highest BCUT2D eigenvalue weighted by Crippen LogP contribution is 2.25. The molecule has 0 aliphatic carbocycles. The number of aryl methyl sites for hydroxylation is 1. The predicted octanol–water partition coefficient (Wildman–Crippen LogP) is 1.42. The number of likely N-dealkylation sites (tertiary alicyclic amines) is 1. The van der Waals surface area contributed by atoms with E-state index in [1.807, 2.05) is 13.0 Å². The van der Waals surface area contributed by atoms with Crippen LogP contribution in [0.3, 0.4) is 0 Å². The number of anilines is 1. The summed E-state index contributed by atoms with van der Waals surface area (Å²) in [6.07, 6.45) is 2.02. The second kappa shape index (κ2) is 10.1. The Balaban J connectivity index is 1.76. The van der Waals surface area contributed by atoms with E-state index in [-0.39, 0.29) is 0 Å². The van der Waals surface area contributed by atoms with E-state index in [9.17, 15) is 9.59 Å². The van der Waals surface area contributed by atoms with Crippen molar-refractivity contribution in [2.45, 2.75) is 19.8 Å². The van der Waals surface area contributed by atoms with E-state index < -0.39 is 11.8 Å². The van der Waals surface area contributed by atoms with Crippen LogP contribution >= 0.6 is 0 Å². The van der Waals surface area contributed by atoms with Crippen LogP contribution in [0.1, 0.15) is 18.4 Å². The molecule has 0 atom stereocenters. The maximum atomic E-state index is 12.1. The molecule has 1 aliphatic rings. The smallest absolute Gasteiger partial charge is 0.313 e. The van der Waals surface area contributed by atoms with Gasteiger partial charge in [0.05, 0.1) is 19.4 Å². The van der Waals surface area contributed by atoms with Gasteiger partial charge in [-0.1, -0.05) is 6.07 Å². The number of piperidine rings is 1. The van der Waals surface area contributed by atoms with Crippen molar-refractivity contribution in [2.75, 3.05) is 52.3 Å². The monoisotopic (exact) mass is 363 g/mol. The summed E-state index contributed by atoms with van der Waals surface area (Å²) in [5, 5.41) is 5.37. The van der Waals surface area contributed by atoms with Crippen LogP contribution in [-0.4, -0.2) is 63.7 Å². The van der Waals surface area contributed by atoms with Gasteiger partial charge < -0.3 is 25.0 Å². The highest BCUT2D eigenvalue weighted by Gasteiger charge is 2.21. The summed E-state index contributed by atoms with van der Waals surface area (Å²) in [7, 11) is 3.24. The average Bonchev–Trinajstić information content (AvgIpc) is 2.65. The Morgan fingerprint density at radius 2 is 1.92 bits per heavy atom. The van der Waals surface area contributed by atoms with Crippen LogP contribution in [0.2, 0.25) is 0 Å². The van der Waals surface area contributed by atoms with Crippen molar-refractivity contribution < 1.29 is 19.1 Å². The zero-order valence-electron chi connectivity index (χ0n) is 15.8. The van der Waals surface area contributed by atoms with Gasteiger partial charge in [-0.25, -0.2) is 0 Å². The van der Waals surface area contributed by atoms with Gasteiger partial charge in [0.1, 0.15) is 5.75 Å². The molecule has 0 bridgehead atoms. The molecule has 2 amide bonds. The Hall–Kier alpha value is -2.12. The summed E-state index contributed by atoms with van der Waals surface area (Å²) in [5.41, 5.74) is 1.47. The van der Waals surface area contributed by atoms with E-state index in [1.54, 1.807) is 19.2 Å². The zero-order chi connectivity index (χ0) is 18.9. The highest BCUT2D eigenvalue weighted by molar-refractivity contribution is 6.39. The van der Waals surface area contributed by atoms with Crippen LogP contribution in [0.5, 0.6) is 5.75 Å². The largest absolute Gasteiger partial charge is 0.495 e. The number of hydrogen-bond acceptors (Lipinski definition) is 5. The fourth-order valence-corrected chi connectivity index (χ4v) is 3.05. The molecule has 0 aromatic heterocycles. The maximum absolute atomic E-state index is 12.1. The Bertz CT molecular complexity index is 613. The number of methoxy groups -OCH3 is 2. The van der Waals surface area contributed by atoms with Gasteiger partial charge >= 0.3 is 11.8 Å².